The molecule has 2 amide bonds. The number of likely N-dealkylation sites (tertiary alicyclic amines) is 1. The van der Waals surface area contributed by atoms with Crippen LogP contribution in [0.2, 0.25) is 0 Å². The number of carbonyl (C=O) groups is 1. The first-order valence-electron chi connectivity index (χ1n) is 13.4. The zero-order valence-corrected chi connectivity index (χ0v) is 21.7. The van der Waals surface area contributed by atoms with E-state index in [1.165, 1.54) is 11.1 Å². The maximum Gasteiger partial charge on any atom is 0.317 e. The number of rotatable bonds is 7. The molecule has 1 aliphatic carbocycles. The van der Waals surface area contributed by atoms with Crippen LogP contribution in [-0.2, 0) is 13.0 Å². The fourth-order valence-electron chi connectivity index (χ4n) is 5.41. The molecule has 3 heterocycles. The maximum absolute atomic E-state index is 13.1. The van der Waals surface area contributed by atoms with Gasteiger partial charge in [-0.2, -0.15) is 5.10 Å². The summed E-state index contributed by atoms with van der Waals surface area (Å²) < 4.78 is 1.67. The predicted octanol–water partition coefficient (Wildman–Crippen LogP) is 4.53. The molecule has 1 saturated heterocycles. The summed E-state index contributed by atoms with van der Waals surface area (Å²) in [5, 5.41) is 19.8. The maximum atomic E-state index is 13.1. The second kappa shape index (κ2) is 11.3. The Morgan fingerprint density at radius 2 is 2.11 bits per heavy atom. The number of fused-ring (bicyclic) bond motifs is 1. The molecule has 2 atom stereocenters. The van der Waals surface area contributed by atoms with Gasteiger partial charge in [0.05, 0.1) is 36.8 Å². The van der Waals surface area contributed by atoms with Gasteiger partial charge in [0.15, 0.2) is 0 Å². The summed E-state index contributed by atoms with van der Waals surface area (Å²) in [6.45, 7) is 6.67. The van der Waals surface area contributed by atoms with Gasteiger partial charge in [-0.05, 0) is 60.8 Å². The van der Waals surface area contributed by atoms with Crippen LogP contribution in [0.3, 0.4) is 0 Å². The average Bonchev–Trinajstić information content (AvgIpc) is 3.52. The number of aryl methyl sites for hydroxylation is 1. The van der Waals surface area contributed by atoms with Crippen molar-refractivity contribution in [3.63, 3.8) is 0 Å². The molecule has 0 spiro atoms. The van der Waals surface area contributed by atoms with Crippen molar-refractivity contribution >= 4 is 17.7 Å². The van der Waals surface area contributed by atoms with Gasteiger partial charge in [0.1, 0.15) is 0 Å². The standard InChI is InChI=1S/C28H37N7O2/c1-19(2)22-10-12-34(17-22)28(37)33-26-6-4-3-5-20-15-21(7-8-24(20)26)25-9-11-29-27(32-25)31-23-16-30-35(18-23)13-14-36/h7-9,11,15-16,18-19,22,26,36H,3-6,10,12-14,17H2,1-2H3,(H,33,37)(H,29,31,32). The highest BCUT2D eigenvalue weighted by molar-refractivity contribution is 5.75. The van der Waals surface area contributed by atoms with Crippen molar-refractivity contribution in [2.75, 3.05) is 25.0 Å². The lowest BCUT2D eigenvalue weighted by atomic mass is 9.95. The molecule has 0 saturated carbocycles. The largest absolute Gasteiger partial charge is 0.394 e. The van der Waals surface area contributed by atoms with Gasteiger partial charge in [-0.15, -0.1) is 0 Å². The predicted molar refractivity (Wildman–Crippen MR) is 143 cm³/mol. The molecule has 37 heavy (non-hydrogen) atoms. The minimum absolute atomic E-state index is 0.0346. The number of hydrogen-bond donors (Lipinski definition) is 3. The van der Waals surface area contributed by atoms with E-state index in [1.807, 2.05) is 17.2 Å². The zero-order chi connectivity index (χ0) is 25.8. The third-order valence-electron chi connectivity index (χ3n) is 7.63. The Bertz CT molecular complexity index is 1220. The summed E-state index contributed by atoms with van der Waals surface area (Å²) in [5.74, 6) is 1.70. The molecular formula is C28H37N7O2. The number of nitrogens with one attached hydrogen (secondary N) is 2. The highest BCUT2D eigenvalue weighted by Crippen LogP contribution is 2.33. The molecule has 2 aromatic heterocycles. The van der Waals surface area contributed by atoms with E-state index in [0.717, 1.165) is 62.1 Å². The molecule has 3 aromatic rings. The molecule has 1 fully saturated rings. The molecule has 3 N–H and O–H groups in total. The first-order chi connectivity index (χ1) is 18.0. The van der Waals surface area contributed by atoms with Gasteiger partial charge in [0.2, 0.25) is 5.95 Å². The Balaban J connectivity index is 1.31. The molecule has 0 bridgehead atoms. The summed E-state index contributed by atoms with van der Waals surface area (Å²) in [6.07, 6.45) is 10.5. The Hall–Kier alpha value is -3.46. The molecule has 196 valence electrons. The van der Waals surface area contributed by atoms with Crippen molar-refractivity contribution in [2.24, 2.45) is 11.8 Å². The van der Waals surface area contributed by atoms with E-state index in [-0.39, 0.29) is 18.7 Å². The molecule has 1 aromatic carbocycles. The van der Waals surface area contributed by atoms with Crippen LogP contribution < -0.4 is 10.6 Å². The van der Waals surface area contributed by atoms with Gasteiger partial charge >= 0.3 is 6.03 Å². The van der Waals surface area contributed by atoms with E-state index in [1.54, 1.807) is 17.1 Å². The summed E-state index contributed by atoms with van der Waals surface area (Å²) in [6, 6.07) is 8.50. The number of anilines is 2. The Kier molecular flexibility index (Phi) is 7.69. The van der Waals surface area contributed by atoms with Crippen molar-refractivity contribution in [1.82, 2.24) is 30.0 Å². The fraction of sp³-hybridized carbons (Fsp3) is 0.500. The van der Waals surface area contributed by atoms with Crippen LogP contribution in [0.25, 0.3) is 11.3 Å². The summed E-state index contributed by atoms with van der Waals surface area (Å²) >= 11 is 0. The topological polar surface area (TPSA) is 108 Å². The van der Waals surface area contributed by atoms with Gasteiger partial charge in [-0.3, -0.25) is 4.68 Å². The van der Waals surface area contributed by atoms with Crippen LogP contribution in [0.1, 0.15) is 56.7 Å². The number of nitrogens with zero attached hydrogens (tertiary/aromatic N) is 5. The minimum Gasteiger partial charge on any atom is -0.394 e. The lowest BCUT2D eigenvalue weighted by Crippen LogP contribution is -2.40. The quantitative estimate of drug-likeness (QED) is 0.409. The summed E-state index contributed by atoms with van der Waals surface area (Å²) in [5.41, 5.74) is 5.14. The summed E-state index contributed by atoms with van der Waals surface area (Å²) in [7, 11) is 0. The van der Waals surface area contributed by atoms with Gasteiger partial charge in [0, 0.05) is 31.0 Å². The Morgan fingerprint density at radius 3 is 2.92 bits per heavy atom. The van der Waals surface area contributed by atoms with E-state index >= 15 is 0 Å². The first kappa shape index (κ1) is 25.2. The zero-order valence-electron chi connectivity index (χ0n) is 21.7. The van der Waals surface area contributed by atoms with E-state index in [9.17, 15) is 4.79 Å². The lowest BCUT2D eigenvalue weighted by molar-refractivity contribution is 0.200. The van der Waals surface area contributed by atoms with Crippen LogP contribution in [0, 0.1) is 11.8 Å². The summed E-state index contributed by atoms with van der Waals surface area (Å²) in [4.78, 5) is 24.2. The number of carbonyl (C=O) groups excluding carboxylic acids is 1. The van der Waals surface area contributed by atoms with Crippen molar-refractivity contribution in [3.05, 3.63) is 54.0 Å². The SMILES string of the molecule is CC(C)C1CCN(C(=O)NC2CCCCc3cc(-c4ccnc(Nc5cnn(CCO)c5)n4)ccc32)C1. The third kappa shape index (κ3) is 5.93. The molecule has 2 unspecified atom stereocenters. The highest BCUT2D eigenvalue weighted by Gasteiger charge is 2.30. The molecule has 5 rings (SSSR count). The Morgan fingerprint density at radius 1 is 1.22 bits per heavy atom. The minimum atomic E-state index is 0.0346. The smallest absolute Gasteiger partial charge is 0.317 e. The van der Waals surface area contributed by atoms with Crippen LogP contribution in [-0.4, -0.2) is 55.5 Å². The molecule has 1 aliphatic heterocycles. The van der Waals surface area contributed by atoms with Crippen LogP contribution in [0.15, 0.2) is 42.9 Å². The van der Waals surface area contributed by atoms with Crippen LogP contribution >= 0.6 is 0 Å². The van der Waals surface area contributed by atoms with Crippen molar-refractivity contribution in [1.29, 1.82) is 0 Å². The van der Waals surface area contributed by atoms with Crippen LogP contribution in [0.4, 0.5) is 16.4 Å². The number of amides is 2. The van der Waals surface area contributed by atoms with E-state index in [2.05, 4.69) is 52.8 Å². The molecule has 9 nitrogen and oxygen atoms in total. The average molecular weight is 504 g/mol. The van der Waals surface area contributed by atoms with Gasteiger partial charge < -0.3 is 20.6 Å². The molecule has 9 heteroatoms. The van der Waals surface area contributed by atoms with Gasteiger partial charge in [0.25, 0.3) is 0 Å². The van der Waals surface area contributed by atoms with Gasteiger partial charge in [-0.1, -0.05) is 32.4 Å². The number of aliphatic hydroxyl groups is 1. The normalized spacial score (nSPS) is 19.5. The number of urea groups is 1. The monoisotopic (exact) mass is 503 g/mol. The van der Waals surface area contributed by atoms with Crippen molar-refractivity contribution in [3.8, 4) is 11.3 Å². The third-order valence-corrected chi connectivity index (χ3v) is 7.63. The van der Waals surface area contributed by atoms with Gasteiger partial charge in [-0.25, -0.2) is 14.8 Å². The number of aliphatic hydroxyl groups excluding tert-OH is 1. The first-order valence-corrected chi connectivity index (χ1v) is 13.4. The second-order valence-corrected chi connectivity index (χ2v) is 10.5. The highest BCUT2D eigenvalue weighted by atomic mass is 16.3. The van der Waals surface area contributed by atoms with Crippen LogP contribution in [0.5, 0.6) is 0 Å². The van der Waals surface area contributed by atoms with E-state index in [0.29, 0.717) is 24.3 Å². The van der Waals surface area contributed by atoms with Crippen molar-refractivity contribution in [2.45, 2.75) is 58.5 Å². The number of aromatic nitrogens is 4. The lowest BCUT2D eigenvalue weighted by Gasteiger charge is -2.25. The molecule has 0 radical (unpaired) electrons. The second-order valence-electron chi connectivity index (χ2n) is 10.5. The molecule has 2 aliphatic rings. The fourth-order valence-corrected chi connectivity index (χ4v) is 5.41. The van der Waals surface area contributed by atoms with E-state index in [4.69, 9.17) is 10.1 Å². The molecular weight excluding hydrogens is 466 g/mol. The number of hydrogen-bond acceptors (Lipinski definition) is 6. The Labute approximate surface area is 218 Å². The van der Waals surface area contributed by atoms with E-state index < -0.39 is 0 Å². The van der Waals surface area contributed by atoms with Crippen molar-refractivity contribution < 1.29 is 9.90 Å². The number of benzene rings is 1.